The van der Waals surface area contributed by atoms with E-state index in [1.807, 2.05) is 78.9 Å². The maximum atomic E-state index is 13.8. The quantitative estimate of drug-likeness (QED) is 0.283. The molecular weight excluding hydrogens is 418 g/mol. The first-order valence-electron chi connectivity index (χ1n) is 11.3. The molecule has 0 unspecified atom stereocenters. The Kier molecular flexibility index (Phi) is 6.88. The molecule has 1 aromatic heterocycles. The largest absolute Gasteiger partial charge is 0.355 e. The van der Waals surface area contributed by atoms with Crippen LogP contribution in [0.25, 0.3) is 33.9 Å². The topological polar surface area (TPSA) is 39.8 Å². The summed E-state index contributed by atoms with van der Waals surface area (Å²) in [5.74, 6) is 0.612. The van der Waals surface area contributed by atoms with Crippen LogP contribution in [0, 0.1) is 0 Å². The highest BCUT2D eigenvalue weighted by Gasteiger charge is 2.19. The summed E-state index contributed by atoms with van der Waals surface area (Å²) in [6.07, 6.45) is 2.11. The number of aromatic nitrogens is 3. The van der Waals surface area contributed by atoms with Gasteiger partial charge in [0.15, 0.2) is 5.82 Å². The molecule has 4 aromatic carbocycles. The monoisotopic (exact) mass is 447 g/mol. The molecule has 1 heterocycles. The zero-order chi connectivity index (χ0) is 22.6. The fourth-order valence-corrected chi connectivity index (χ4v) is 4.19. The van der Waals surface area contributed by atoms with Gasteiger partial charge in [-0.3, -0.25) is 0 Å². The molecule has 0 N–H and O–H groups in total. The second-order valence-electron chi connectivity index (χ2n) is 8.02. The van der Waals surface area contributed by atoms with Gasteiger partial charge in [0.2, 0.25) is 0 Å². The van der Waals surface area contributed by atoms with Crippen molar-refractivity contribution in [2.45, 2.75) is 27.2 Å². The minimum atomic E-state index is -0.197. The van der Waals surface area contributed by atoms with Gasteiger partial charge >= 0.3 is 5.69 Å². The second-order valence-corrected chi connectivity index (χ2v) is 8.02. The number of aryl methyl sites for hydroxylation is 1. The van der Waals surface area contributed by atoms with Crippen molar-refractivity contribution in [2.75, 3.05) is 0 Å². The predicted molar refractivity (Wildman–Crippen MR) is 141 cm³/mol. The van der Waals surface area contributed by atoms with Crippen LogP contribution in [0.15, 0.2) is 114 Å². The van der Waals surface area contributed by atoms with Crippen molar-refractivity contribution in [3.8, 4) is 33.9 Å². The highest BCUT2D eigenvalue weighted by Crippen LogP contribution is 2.28. The van der Waals surface area contributed by atoms with E-state index in [4.69, 9.17) is 5.10 Å². The molecule has 0 fully saturated rings. The number of nitrogens with zero attached hydrogens (tertiary/aromatic N) is 3. The van der Waals surface area contributed by atoms with Gasteiger partial charge in [0.1, 0.15) is 0 Å². The van der Waals surface area contributed by atoms with Crippen molar-refractivity contribution in [1.29, 1.82) is 0 Å². The van der Waals surface area contributed by atoms with E-state index in [0.29, 0.717) is 5.82 Å². The second kappa shape index (κ2) is 10.2. The Morgan fingerprint density at radius 3 is 2.12 bits per heavy atom. The number of hydrogen-bond donors (Lipinski definition) is 0. The van der Waals surface area contributed by atoms with Gasteiger partial charge in [-0.25, -0.2) is 9.36 Å². The van der Waals surface area contributed by atoms with Crippen molar-refractivity contribution in [3.05, 3.63) is 125 Å². The van der Waals surface area contributed by atoms with Gasteiger partial charge in [0.25, 0.3) is 0 Å². The van der Waals surface area contributed by atoms with Gasteiger partial charge in [0, 0.05) is 11.1 Å². The Balaban J connectivity index is 0.00000274. The molecule has 0 aliphatic heterocycles. The van der Waals surface area contributed by atoms with E-state index < -0.39 is 0 Å². The molecule has 5 aromatic rings. The van der Waals surface area contributed by atoms with Crippen LogP contribution < -0.4 is 5.69 Å². The highest BCUT2D eigenvalue weighted by atomic mass is 16.2. The predicted octanol–water partition coefficient (Wildman–Crippen LogP) is 6.95. The molecule has 170 valence electrons. The van der Waals surface area contributed by atoms with Gasteiger partial charge in [0.05, 0.1) is 11.4 Å². The van der Waals surface area contributed by atoms with Gasteiger partial charge in [-0.1, -0.05) is 112 Å². The van der Waals surface area contributed by atoms with Crippen molar-refractivity contribution in [3.63, 3.8) is 0 Å². The third-order valence-electron chi connectivity index (χ3n) is 5.73. The van der Waals surface area contributed by atoms with Crippen LogP contribution in [0.5, 0.6) is 0 Å². The van der Waals surface area contributed by atoms with Gasteiger partial charge in [-0.15, -0.1) is 5.10 Å². The molecule has 0 atom stereocenters. The van der Waals surface area contributed by atoms with Crippen LogP contribution in [-0.2, 0) is 6.42 Å². The molecular formula is C30H29N3O. The molecule has 0 aliphatic carbocycles. The van der Waals surface area contributed by atoms with Gasteiger partial charge < -0.3 is 0 Å². The fourth-order valence-electron chi connectivity index (χ4n) is 4.19. The average Bonchev–Trinajstić information content (AvgIpc) is 3.22. The number of para-hydroxylation sites is 2. The number of benzene rings is 4. The minimum absolute atomic E-state index is 0. The summed E-state index contributed by atoms with van der Waals surface area (Å²) in [7, 11) is 0. The maximum Gasteiger partial charge on any atom is 0.355 e. The van der Waals surface area contributed by atoms with Crippen LogP contribution >= 0.6 is 0 Å². The molecule has 0 saturated heterocycles. The molecule has 0 spiro atoms. The molecule has 0 saturated carbocycles. The first-order valence-corrected chi connectivity index (χ1v) is 11.3. The summed E-state index contributed by atoms with van der Waals surface area (Å²) in [4.78, 5) is 13.8. The molecule has 0 amide bonds. The summed E-state index contributed by atoms with van der Waals surface area (Å²) in [5, 5.41) is 4.84. The van der Waals surface area contributed by atoms with Crippen molar-refractivity contribution < 1.29 is 0 Å². The lowest BCUT2D eigenvalue weighted by Crippen LogP contribution is -2.23. The van der Waals surface area contributed by atoms with E-state index in [1.165, 1.54) is 10.2 Å². The lowest BCUT2D eigenvalue weighted by Gasteiger charge is -2.10. The zero-order valence-electron chi connectivity index (χ0n) is 18.6. The van der Waals surface area contributed by atoms with E-state index in [1.54, 1.807) is 4.57 Å². The Hall–Kier alpha value is -4.18. The number of hydrogen-bond acceptors (Lipinski definition) is 2. The van der Waals surface area contributed by atoms with E-state index in [0.717, 1.165) is 40.9 Å². The summed E-state index contributed by atoms with van der Waals surface area (Å²) in [6.45, 7) is 2.18. The first kappa shape index (κ1) is 23.0. The van der Waals surface area contributed by atoms with Crippen LogP contribution in [0.4, 0.5) is 0 Å². The fraction of sp³-hybridized carbons (Fsp3) is 0.133. The van der Waals surface area contributed by atoms with Crippen LogP contribution in [0.1, 0.15) is 26.3 Å². The lowest BCUT2D eigenvalue weighted by atomic mass is 10.00. The van der Waals surface area contributed by atoms with Crippen molar-refractivity contribution in [1.82, 2.24) is 14.3 Å². The molecule has 0 bridgehead atoms. The standard InChI is InChI=1S/C29H25N3O.CH4/c1-2-12-22-13-11-16-24(21-22)26-19-9-10-20-27(26)32-29(33)31(25-17-7-4-8-18-25)28(30-32)23-14-5-3-6-15-23;/h3-11,13-21H,2,12H2,1H3;1H4. The SMILES string of the molecule is C.CCCc1cccc(-c2ccccc2-n2nc(-c3ccccc3)n(-c3ccccc3)c2=O)c1. The zero-order valence-corrected chi connectivity index (χ0v) is 18.6. The van der Waals surface area contributed by atoms with Gasteiger partial charge in [-0.2, -0.15) is 4.68 Å². The molecule has 0 aliphatic rings. The Labute approximate surface area is 200 Å². The molecule has 5 rings (SSSR count). The third-order valence-corrected chi connectivity index (χ3v) is 5.73. The molecule has 4 heteroatoms. The third kappa shape index (κ3) is 4.35. The van der Waals surface area contributed by atoms with Gasteiger partial charge in [-0.05, 0) is 35.7 Å². The maximum absolute atomic E-state index is 13.8. The molecule has 4 nitrogen and oxygen atoms in total. The van der Waals surface area contributed by atoms with E-state index in [-0.39, 0.29) is 13.1 Å². The van der Waals surface area contributed by atoms with Crippen LogP contribution in [0.3, 0.4) is 0 Å². The molecule has 34 heavy (non-hydrogen) atoms. The normalized spacial score (nSPS) is 10.6. The molecule has 0 radical (unpaired) electrons. The summed E-state index contributed by atoms with van der Waals surface area (Å²) in [6, 6.07) is 36.0. The average molecular weight is 448 g/mol. The van der Waals surface area contributed by atoms with Crippen molar-refractivity contribution >= 4 is 0 Å². The Morgan fingerprint density at radius 1 is 0.735 bits per heavy atom. The van der Waals surface area contributed by atoms with Crippen molar-refractivity contribution in [2.24, 2.45) is 0 Å². The minimum Gasteiger partial charge on any atom is -0.245 e. The van der Waals surface area contributed by atoms with E-state index >= 15 is 0 Å². The Morgan fingerprint density at radius 2 is 1.38 bits per heavy atom. The van der Waals surface area contributed by atoms with Crippen LogP contribution in [0.2, 0.25) is 0 Å². The smallest absolute Gasteiger partial charge is 0.245 e. The summed E-state index contributed by atoms with van der Waals surface area (Å²) < 4.78 is 3.21. The first-order chi connectivity index (χ1) is 16.3. The lowest BCUT2D eigenvalue weighted by molar-refractivity contribution is 0.831. The van der Waals surface area contributed by atoms with Crippen LogP contribution in [-0.4, -0.2) is 14.3 Å². The highest BCUT2D eigenvalue weighted by molar-refractivity contribution is 5.73. The summed E-state index contributed by atoms with van der Waals surface area (Å²) >= 11 is 0. The Bertz CT molecular complexity index is 1430. The van der Waals surface area contributed by atoms with E-state index in [2.05, 4.69) is 37.3 Å². The van der Waals surface area contributed by atoms with E-state index in [9.17, 15) is 4.79 Å². The number of rotatable bonds is 6. The summed E-state index contributed by atoms with van der Waals surface area (Å²) in [5.41, 5.74) is 5.60.